The highest BCUT2D eigenvalue weighted by molar-refractivity contribution is 7.99. The van der Waals surface area contributed by atoms with E-state index in [0.717, 1.165) is 17.0 Å². The number of thioether (sulfide) groups is 1. The fraction of sp³-hybridized carbons (Fsp3) is 0.190. The first-order valence-corrected chi connectivity index (χ1v) is 11.2. The lowest BCUT2D eigenvalue weighted by atomic mass is 10.2. The molecular formula is C21H17Cl3N4OS. The van der Waals surface area contributed by atoms with Crippen molar-refractivity contribution in [3.8, 4) is 0 Å². The predicted octanol–water partition coefficient (Wildman–Crippen LogP) is 6.13. The lowest BCUT2D eigenvalue weighted by molar-refractivity contribution is 0.102. The maximum absolute atomic E-state index is 12.9. The van der Waals surface area contributed by atoms with Gasteiger partial charge >= 0.3 is 0 Å². The molecule has 0 atom stereocenters. The van der Waals surface area contributed by atoms with Gasteiger partial charge in [0.1, 0.15) is 0 Å². The average molecular weight is 480 g/mol. The van der Waals surface area contributed by atoms with Crippen LogP contribution in [0.15, 0.2) is 47.8 Å². The van der Waals surface area contributed by atoms with E-state index in [4.69, 9.17) is 34.8 Å². The Morgan fingerprint density at radius 2 is 1.83 bits per heavy atom. The fourth-order valence-electron chi connectivity index (χ4n) is 3.33. The van der Waals surface area contributed by atoms with Crippen LogP contribution in [0, 0.1) is 13.8 Å². The van der Waals surface area contributed by atoms with Crippen molar-refractivity contribution in [2.45, 2.75) is 25.5 Å². The van der Waals surface area contributed by atoms with Crippen LogP contribution in [-0.4, -0.2) is 30.7 Å². The number of pyridine rings is 1. The first-order chi connectivity index (χ1) is 14.3. The second kappa shape index (κ2) is 8.63. The van der Waals surface area contributed by atoms with Crippen molar-refractivity contribution in [1.82, 2.24) is 19.2 Å². The second-order valence-corrected chi connectivity index (χ2v) is 9.05. The first kappa shape index (κ1) is 21.2. The van der Waals surface area contributed by atoms with Crippen LogP contribution in [0.25, 0.3) is 5.65 Å². The highest BCUT2D eigenvalue weighted by Crippen LogP contribution is 2.27. The average Bonchev–Trinajstić information content (AvgIpc) is 3.23. The van der Waals surface area contributed by atoms with Crippen LogP contribution < -0.4 is 0 Å². The Morgan fingerprint density at radius 3 is 2.60 bits per heavy atom. The highest BCUT2D eigenvalue weighted by Gasteiger charge is 2.18. The molecule has 9 heteroatoms. The van der Waals surface area contributed by atoms with Crippen LogP contribution >= 0.6 is 46.6 Å². The Balaban J connectivity index is 1.54. The fourth-order valence-corrected chi connectivity index (χ4v) is 4.83. The number of nitrogens with zero attached hydrogens (tertiary/aromatic N) is 4. The molecule has 0 fully saturated rings. The number of carbonyl (C=O) groups excluding carboxylic acids is 1. The Morgan fingerprint density at radius 1 is 1.07 bits per heavy atom. The third-order valence-corrected chi connectivity index (χ3v) is 6.68. The molecule has 0 saturated carbocycles. The van der Waals surface area contributed by atoms with Crippen LogP contribution in [-0.2, 0) is 6.54 Å². The number of rotatable bonds is 6. The van der Waals surface area contributed by atoms with E-state index in [9.17, 15) is 4.79 Å². The largest absolute Gasteiger partial charge is 0.344 e. The number of carbonyl (C=O) groups is 1. The van der Waals surface area contributed by atoms with E-state index in [1.165, 1.54) is 11.8 Å². The van der Waals surface area contributed by atoms with Gasteiger partial charge in [0.15, 0.2) is 16.6 Å². The molecule has 0 spiro atoms. The standard InChI is InChI=1S/C21H17Cl3N4OS/c1-12-7-16(13(2)27(12)9-14-5-3-4-6-17(14)23)19(29)11-30-21-26-25-20-18(24)8-15(22)10-28(20)21/h3-8,10H,9,11H2,1-2H3. The van der Waals surface area contributed by atoms with Crippen molar-refractivity contribution in [3.63, 3.8) is 0 Å². The summed E-state index contributed by atoms with van der Waals surface area (Å²) in [5.41, 5.74) is 4.13. The summed E-state index contributed by atoms with van der Waals surface area (Å²) >= 11 is 19.8. The summed E-state index contributed by atoms with van der Waals surface area (Å²) < 4.78 is 3.80. The van der Waals surface area contributed by atoms with Crippen LogP contribution in [0.1, 0.15) is 27.3 Å². The maximum Gasteiger partial charge on any atom is 0.196 e. The molecule has 0 aliphatic rings. The molecule has 4 aromatic rings. The molecule has 154 valence electrons. The summed E-state index contributed by atoms with van der Waals surface area (Å²) in [5.74, 6) is 0.241. The van der Waals surface area contributed by atoms with Gasteiger partial charge in [0, 0.05) is 34.7 Å². The van der Waals surface area contributed by atoms with Gasteiger partial charge < -0.3 is 4.57 Å². The van der Waals surface area contributed by atoms with E-state index >= 15 is 0 Å². The van der Waals surface area contributed by atoms with E-state index < -0.39 is 0 Å². The lowest BCUT2D eigenvalue weighted by Gasteiger charge is -2.11. The first-order valence-electron chi connectivity index (χ1n) is 9.11. The molecular weight excluding hydrogens is 463 g/mol. The van der Waals surface area contributed by atoms with E-state index in [0.29, 0.717) is 38.0 Å². The quantitative estimate of drug-likeness (QED) is 0.246. The van der Waals surface area contributed by atoms with Gasteiger partial charge in [0.05, 0.1) is 15.8 Å². The minimum atomic E-state index is 0.0170. The third kappa shape index (κ3) is 4.10. The van der Waals surface area contributed by atoms with Crippen molar-refractivity contribution in [3.05, 3.63) is 80.2 Å². The normalized spacial score (nSPS) is 11.4. The molecule has 0 aliphatic heterocycles. The Labute approximate surface area is 193 Å². The molecule has 3 heterocycles. The molecule has 0 N–H and O–H groups in total. The van der Waals surface area contributed by atoms with Gasteiger partial charge in [-0.25, -0.2) is 0 Å². The highest BCUT2D eigenvalue weighted by atomic mass is 35.5. The van der Waals surface area contributed by atoms with E-state index in [1.807, 2.05) is 44.2 Å². The monoisotopic (exact) mass is 478 g/mol. The van der Waals surface area contributed by atoms with E-state index in [-0.39, 0.29) is 11.5 Å². The van der Waals surface area contributed by atoms with Crippen LogP contribution in [0.5, 0.6) is 0 Å². The van der Waals surface area contributed by atoms with Gasteiger partial charge in [0.2, 0.25) is 0 Å². The number of Topliss-reactive ketones (excluding diaryl/α,β-unsaturated/α-hetero) is 1. The topological polar surface area (TPSA) is 52.2 Å². The zero-order valence-corrected chi connectivity index (χ0v) is 19.3. The number of benzene rings is 1. The van der Waals surface area contributed by atoms with Gasteiger partial charge in [-0.2, -0.15) is 0 Å². The van der Waals surface area contributed by atoms with Crippen molar-refractivity contribution >= 4 is 58.0 Å². The van der Waals surface area contributed by atoms with Crippen molar-refractivity contribution < 1.29 is 4.79 Å². The van der Waals surface area contributed by atoms with Crippen molar-refractivity contribution in [1.29, 1.82) is 0 Å². The molecule has 0 saturated heterocycles. The van der Waals surface area contributed by atoms with Crippen molar-refractivity contribution in [2.75, 3.05) is 5.75 Å². The molecule has 5 nitrogen and oxygen atoms in total. The molecule has 0 unspecified atom stereocenters. The van der Waals surface area contributed by atoms with Crippen molar-refractivity contribution in [2.24, 2.45) is 0 Å². The molecule has 1 aromatic carbocycles. The number of halogens is 3. The molecule has 0 aliphatic carbocycles. The molecule has 0 radical (unpaired) electrons. The summed E-state index contributed by atoms with van der Waals surface area (Å²) in [4.78, 5) is 12.9. The van der Waals surface area contributed by atoms with Crippen LogP contribution in [0.3, 0.4) is 0 Å². The molecule has 3 aromatic heterocycles. The summed E-state index contributed by atoms with van der Waals surface area (Å²) in [6.07, 6.45) is 1.69. The number of aromatic nitrogens is 4. The molecule has 0 amide bonds. The van der Waals surface area contributed by atoms with E-state index in [1.54, 1.807) is 16.7 Å². The zero-order valence-electron chi connectivity index (χ0n) is 16.2. The molecule has 0 bridgehead atoms. The molecule has 30 heavy (non-hydrogen) atoms. The number of aryl methyl sites for hydroxylation is 1. The van der Waals surface area contributed by atoms with Gasteiger partial charge in [-0.1, -0.05) is 64.8 Å². The summed E-state index contributed by atoms with van der Waals surface area (Å²) in [5, 5.41) is 10.4. The minimum Gasteiger partial charge on any atom is -0.344 e. The van der Waals surface area contributed by atoms with Gasteiger partial charge in [-0.05, 0) is 37.6 Å². The summed E-state index contributed by atoms with van der Waals surface area (Å²) in [6, 6.07) is 11.3. The van der Waals surface area contributed by atoms with Gasteiger partial charge in [0.25, 0.3) is 0 Å². The Bertz CT molecular complexity index is 1260. The Hall–Kier alpha value is -1.99. The minimum absolute atomic E-state index is 0.0170. The second-order valence-electron chi connectivity index (χ2n) is 6.86. The third-order valence-electron chi connectivity index (χ3n) is 4.89. The summed E-state index contributed by atoms with van der Waals surface area (Å²) in [7, 11) is 0. The number of fused-ring (bicyclic) bond motifs is 1. The molecule has 4 rings (SSSR count). The van der Waals surface area contributed by atoms with Gasteiger partial charge in [-0.3, -0.25) is 9.20 Å². The van der Waals surface area contributed by atoms with Crippen LogP contribution in [0.2, 0.25) is 15.1 Å². The SMILES string of the molecule is Cc1cc(C(=O)CSc2nnc3c(Cl)cc(Cl)cn23)c(C)n1Cc1ccccc1Cl. The Kier molecular flexibility index (Phi) is 6.11. The lowest BCUT2D eigenvalue weighted by Crippen LogP contribution is -2.08. The van der Waals surface area contributed by atoms with E-state index in [2.05, 4.69) is 14.8 Å². The number of hydrogen-bond acceptors (Lipinski definition) is 4. The number of hydrogen-bond donors (Lipinski definition) is 0. The zero-order chi connectivity index (χ0) is 21.4. The number of ketones is 1. The maximum atomic E-state index is 12.9. The van der Waals surface area contributed by atoms with Crippen LogP contribution in [0.4, 0.5) is 0 Å². The van der Waals surface area contributed by atoms with Gasteiger partial charge in [-0.15, -0.1) is 10.2 Å². The summed E-state index contributed by atoms with van der Waals surface area (Å²) in [6.45, 7) is 4.56. The smallest absolute Gasteiger partial charge is 0.196 e. The predicted molar refractivity (Wildman–Crippen MR) is 123 cm³/mol.